The van der Waals surface area contributed by atoms with E-state index in [1.54, 1.807) is 38.1 Å². The van der Waals surface area contributed by atoms with Gasteiger partial charge in [-0.2, -0.15) is 0 Å². The van der Waals surface area contributed by atoms with Crippen LogP contribution >= 0.6 is 11.6 Å². The van der Waals surface area contributed by atoms with E-state index in [9.17, 15) is 14.0 Å². The number of carbonyl (C=O) groups excluding carboxylic acids is 2. The molecule has 0 saturated carbocycles. The van der Waals surface area contributed by atoms with Crippen molar-refractivity contribution >= 4 is 29.2 Å². The lowest BCUT2D eigenvalue weighted by Gasteiger charge is -2.21. The largest absolute Gasteiger partial charge is 0.452 e. The molecule has 132 valence electrons. The summed E-state index contributed by atoms with van der Waals surface area (Å²) in [5, 5.41) is 3.21. The van der Waals surface area contributed by atoms with Crippen LogP contribution in [0.3, 0.4) is 0 Å². The van der Waals surface area contributed by atoms with Crippen LogP contribution < -0.4 is 5.32 Å². The summed E-state index contributed by atoms with van der Waals surface area (Å²) in [6.07, 6.45) is -0.894. The van der Waals surface area contributed by atoms with Crippen molar-refractivity contribution in [1.29, 1.82) is 0 Å². The average molecular weight is 364 g/mol. The number of esters is 1. The highest BCUT2D eigenvalue weighted by atomic mass is 35.5. The van der Waals surface area contributed by atoms with Crippen LogP contribution in [0.4, 0.5) is 10.1 Å². The van der Waals surface area contributed by atoms with E-state index in [-0.39, 0.29) is 12.3 Å². The molecule has 6 heteroatoms. The van der Waals surface area contributed by atoms with Crippen LogP contribution in [-0.2, 0) is 20.7 Å². The first-order valence-electron chi connectivity index (χ1n) is 7.85. The Morgan fingerprint density at radius 1 is 1.08 bits per heavy atom. The molecule has 0 aliphatic rings. The maximum atomic E-state index is 12.9. The molecule has 0 radical (unpaired) electrons. The number of halogens is 2. The summed E-state index contributed by atoms with van der Waals surface area (Å²) in [5.74, 6) is -1.57. The fraction of sp³-hybridized carbons (Fsp3) is 0.263. The van der Waals surface area contributed by atoms with Gasteiger partial charge in [-0.05, 0) is 47.9 Å². The van der Waals surface area contributed by atoms with Gasteiger partial charge in [-0.3, -0.25) is 9.59 Å². The number of carbonyl (C=O) groups is 2. The molecule has 2 aromatic carbocycles. The van der Waals surface area contributed by atoms with Gasteiger partial charge in [-0.25, -0.2) is 4.39 Å². The third-order valence-electron chi connectivity index (χ3n) is 3.50. The summed E-state index contributed by atoms with van der Waals surface area (Å²) in [4.78, 5) is 24.5. The van der Waals surface area contributed by atoms with Crippen LogP contribution in [0.25, 0.3) is 0 Å². The molecule has 4 nitrogen and oxygen atoms in total. The first-order chi connectivity index (χ1) is 11.8. The SMILES string of the molecule is CC(C)[C@H](OC(=O)Cc1ccc(Cl)cc1)C(=O)Nc1ccc(F)cc1. The standard InChI is InChI=1S/C19H19ClFNO3/c1-12(2)18(19(24)22-16-9-7-15(21)8-10-16)25-17(23)11-13-3-5-14(20)6-4-13/h3-10,12,18H,11H2,1-2H3,(H,22,24)/t18-/m0/s1. The normalized spacial score (nSPS) is 11.9. The minimum Gasteiger partial charge on any atom is -0.452 e. The summed E-state index contributed by atoms with van der Waals surface area (Å²) < 4.78 is 18.3. The zero-order valence-corrected chi connectivity index (χ0v) is 14.7. The molecule has 0 aliphatic carbocycles. The number of amides is 1. The van der Waals surface area contributed by atoms with Gasteiger partial charge in [-0.1, -0.05) is 37.6 Å². The van der Waals surface area contributed by atoms with Gasteiger partial charge in [0.1, 0.15) is 5.82 Å². The van der Waals surface area contributed by atoms with Gasteiger partial charge < -0.3 is 10.1 Å². The van der Waals surface area contributed by atoms with E-state index in [2.05, 4.69) is 5.32 Å². The Kier molecular flexibility index (Phi) is 6.53. The summed E-state index contributed by atoms with van der Waals surface area (Å²) in [7, 11) is 0. The molecule has 0 unspecified atom stereocenters. The Morgan fingerprint density at radius 2 is 1.68 bits per heavy atom. The van der Waals surface area contributed by atoms with Crippen LogP contribution in [-0.4, -0.2) is 18.0 Å². The van der Waals surface area contributed by atoms with Gasteiger partial charge in [0.2, 0.25) is 0 Å². The highest BCUT2D eigenvalue weighted by molar-refractivity contribution is 6.30. The lowest BCUT2D eigenvalue weighted by atomic mass is 10.1. The Morgan fingerprint density at radius 3 is 2.24 bits per heavy atom. The summed E-state index contributed by atoms with van der Waals surface area (Å²) in [6, 6.07) is 12.2. The molecule has 1 atom stereocenters. The van der Waals surface area contributed by atoms with E-state index in [4.69, 9.17) is 16.3 Å². The second-order valence-electron chi connectivity index (χ2n) is 5.95. The molecule has 1 N–H and O–H groups in total. The number of ether oxygens (including phenoxy) is 1. The molecule has 0 spiro atoms. The number of nitrogens with one attached hydrogen (secondary N) is 1. The van der Waals surface area contributed by atoms with Crippen LogP contribution in [0.5, 0.6) is 0 Å². The molecule has 0 fully saturated rings. The van der Waals surface area contributed by atoms with Gasteiger partial charge in [0.25, 0.3) is 5.91 Å². The Bertz CT molecular complexity index is 729. The maximum Gasteiger partial charge on any atom is 0.311 e. The smallest absolute Gasteiger partial charge is 0.311 e. The zero-order valence-electron chi connectivity index (χ0n) is 14.0. The predicted octanol–water partition coefficient (Wildman–Crippen LogP) is 4.23. The lowest BCUT2D eigenvalue weighted by Crippen LogP contribution is -2.37. The van der Waals surface area contributed by atoms with Crippen LogP contribution in [0.15, 0.2) is 48.5 Å². The Labute approximate surface area is 150 Å². The van der Waals surface area contributed by atoms with Crippen molar-refractivity contribution in [2.24, 2.45) is 5.92 Å². The molecule has 2 aromatic rings. The van der Waals surface area contributed by atoms with Gasteiger partial charge in [-0.15, -0.1) is 0 Å². The second kappa shape index (κ2) is 8.62. The van der Waals surface area contributed by atoms with Gasteiger partial charge >= 0.3 is 5.97 Å². The van der Waals surface area contributed by atoms with Crippen LogP contribution in [0.1, 0.15) is 19.4 Å². The number of benzene rings is 2. The van der Waals surface area contributed by atoms with Crippen molar-refractivity contribution in [3.63, 3.8) is 0 Å². The van der Waals surface area contributed by atoms with E-state index < -0.39 is 23.8 Å². The van der Waals surface area contributed by atoms with E-state index >= 15 is 0 Å². The molecular formula is C19H19ClFNO3. The second-order valence-corrected chi connectivity index (χ2v) is 6.39. The molecule has 0 bridgehead atoms. The topological polar surface area (TPSA) is 55.4 Å². The fourth-order valence-electron chi connectivity index (χ4n) is 2.19. The van der Waals surface area contributed by atoms with E-state index in [1.165, 1.54) is 24.3 Å². The Balaban J connectivity index is 1.99. The number of rotatable bonds is 6. The van der Waals surface area contributed by atoms with Gasteiger partial charge in [0.05, 0.1) is 6.42 Å². The quantitative estimate of drug-likeness (QED) is 0.781. The third kappa shape index (κ3) is 5.87. The fourth-order valence-corrected chi connectivity index (χ4v) is 2.32. The molecule has 25 heavy (non-hydrogen) atoms. The minimum absolute atomic E-state index is 0.0459. The molecule has 2 rings (SSSR count). The monoisotopic (exact) mass is 363 g/mol. The number of anilines is 1. The van der Waals surface area contributed by atoms with Crippen molar-refractivity contribution < 1.29 is 18.7 Å². The number of hydrogen-bond donors (Lipinski definition) is 1. The molecule has 0 aromatic heterocycles. The van der Waals surface area contributed by atoms with Crippen LogP contribution in [0.2, 0.25) is 5.02 Å². The Hall–Kier alpha value is -2.40. The van der Waals surface area contributed by atoms with Crippen molar-refractivity contribution in [3.05, 3.63) is 64.9 Å². The molecule has 1 amide bonds. The molecule has 0 saturated heterocycles. The van der Waals surface area contributed by atoms with Gasteiger partial charge in [0.15, 0.2) is 6.10 Å². The zero-order chi connectivity index (χ0) is 18.4. The summed E-state index contributed by atoms with van der Waals surface area (Å²) in [5.41, 5.74) is 1.18. The van der Waals surface area contributed by atoms with Crippen molar-refractivity contribution in [2.75, 3.05) is 5.32 Å². The average Bonchev–Trinajstić information content (AvgIpc) is 2.56. The lowest BCUT2D eigenvalue weighted by molar-refractivity contribution is -0.156. The van der Waals surface area contributed by atoms with Crippen LogP contribution in [0, 0.1) is 11.7 Å². The minimum atomic E-state index is -0.940. The van der Waals surface area contributed by atoms with Crippen molar-refractivity contribution in [1.82, 2.24) is 0 Å². The van der Waals surface area contributed by atoms with E-state index in [0.29, 0.717) is 10.7 Å². The first-order valence-corrected chi connectivity index (χ1v) is 8.23. The van der Waals surface area contributed by atoms with Crippen molar-refractivity contribution in [2.45, 2.75) is 26.4 Å². The predicted molar refractivity (Wildman–Crippen MR) is 94.9 cm³/mol. The molecule has 0 aliphatic heterocycles. The van der Waals surface area contributed by atoms with Crippen molar-refractivity contribution in [3.8, 4) is 0 Å². The highest BCUT2D eigenvalue weighted by Gasteiger charge is 2.26. The van der Waals surface area contributed by atoms with E-state index in [1.807, 2.05) is 0 Å². The summed E-state index contributed by atoms with van der Waals surface area (Å²) in [6.45, 7) is 3.56. The third-order valence-corrected chi connectivity index (χ3v) is 3.75. The summed E-state index contributed by atoms with van der Waals surface area (Å²) >= 11 is 5.81. The molecule has 0 heterocycles. The molecular weight excluding hydrogens is 345 g/mol. The highest BCUT2D eigenvalue weighted by Crippen LogP contribution is 2.15. The van der Waals surface area contributed by atoms with E-state index in [0.717, 1.165) is 5.56 Å². The first kappa shape index (κ1) is 18.9. The number of hydrogen-bond acceptors (Lipinski definition) is 3. The maximum absolute atomic E-state index is 12.9. The van der Waals surface area contributed by atoms with Gasteiger partial charge in [0, 0.05) is 10.7 Å².